The highest BCUT2D eigenvalue weighted by Gasteiger charge is 2.33. The number of hydrogen-bond acceptors (Lipinski definition) is 2. The molecule has 0 amide bonds. The molecule has 0 aromatic heterocycles. The van der Waals surface area contributed by atoms with Crippen molar-refractivity contribution in [3.05, 3.63) is 35.1 Å². The Kier molecular flexibility index (Phi) is 4.58. The predicted octanol–water partition coefficient (Wildman–Crippen LogP) is 3.25. The van der Waals surface area contributed by atoms with Crippen LogP contribution < -0.4 is 5.73 Å². The molecule has 2 atom stereocenters. The van der Waals surface area contributed by atoms with E-state index in [-0.39, 0.29) is 11.9 Å². The van der Waals surface area contributed by atoms with Crippen LogP contribution in [-0.4, -0.2) is 24.0 Å². The molecule has 19 heavy (non-hydrogen) atoms. The van der Waals surface area contributed by atoms with E-state index in [1.165, 1.54) is 18.9 Å². The van der Waals surface area contributed by atoms with Crippen LogP contribution in [0.4, 0.5) is 4.39 Å². The highest BCUT2D eigenvalue weighted by molar-refractivity contribution is 5.30. The zero-order valence-electron chi connectivity index (χ0n) is 12.2. The molecule has 2 unspecified atom stereocenters. The quantitative estimate of drug-likeness (QED) is 0.904. The lowest BCUT2D eigenvalue weighted by Crippen LogP contribution is -2.40. The van der Waals surface area contributed by atoms with E-state index in [1.807, 2.05) is 13.0 Å². The second kappa shape index (κ2) is 6.02. The molecular weight excluding hydrogens is 239 g/mol. The topological polar surface area (TPSA) is 29.3 Å². The van der Waals surface area contributed by atoms with Gasteiger partial charge in [0.2, 0.25) is 0 Å². The van der Waals surface area contributed by atoms with Crippen LogP contribution >= 0.6 is 0 Å². The van der Waals surface area contributed by atoms with E-state index in [4.69, 9.17) is 5.73 Å². The first-order valence-corrected chi connectivity index (χ1v) is 7.26. The van der Waals surface area contributed by atoms with E-state index < -0.39 is 0 Å². The molecule has 1 fully saturated rings. The Morgan fingerprint density at radius 2 is 2.16 bits per heavy atom. The van der Waals surface area contributed by atoms with Crippen LogP contribution in [0.25, 0.3) is 0 Å². The monoisotopic (exact) mass is 264 g/mol. The van der Waals surface area contributed by atoms with Crippen molar-refractivity contribution in [2.75, 3.05) is 13.1 Å². The SMILES string of the molecule is Cc1ccc(F)cc1C(CN)N1CCCC1C(C)C. The van der Waals surface area contributed by atoms with Crippen molar-refractivity contribution >= 4 is 0 Å². The summed E-state index contributed by atoms with van der Waals surface area (Å²) < 4.78 is 13.5. The van der Waals surface area contributed by atoms with Crippen LogP contribution in [0.5, 0.6) is 0 Å². The first-order valence-electron chi connectivity index (χ1n) is 7.26. The molecule has 1 aromatic carbocycles. The molecule has 0 aliphatic carbocycles. The number of rotatable bonds is 4. The molecule has 2 rings (SSSR count). The van der Waals surface area contributed by atoms with Crippen LogP contribution in [0.15, 0.2) is 18.2 Å². The Hall–Kier alpha value is -0.930. The maximum Gasteiger partial charge on any atom is 0.123 e. The van der Waals surface area contributed by atoms with E-state index in [2.05, 4.69) is 18.7 Å². The van der Waals surface area contributed by atoms with Gasteiger partial charge in [-0.1, -0.05) is 19.9 Å². The fraction of sp³-hybridized carbons (Fsp3) is 0.625. The molecule has 2 nitrogen and oxygen atoms in total. The maximum absolute atomic E-state index is 13.5. The molecule has 1 aliphatic heterocycles. The summed E-state index contributed by atoms with van der Waals surface area (Å²) in [7, 11) is 0. The molecule has 2 N–H and O–H groups in total. The van der Waals surface area contributed by atoms with Gasteiger partial charge in [0, 0.05) is 18.6 Å². The van der Waals surface area contributed by atoms with Gasteiger partial charge in [0.15, 0.2) is 0 Å². The highest BCUT2D eigenvalue weighted by Crippen LogP contribution is 2.33. The number of benzene rings is 1. The van der Waals surface area contributed by atoms with Crippen molar-refractivity contribution in [1.29, 1.82) is 0 Å². The van der Waals surface area contributed by atoms with Crippen molar-refractivity contribution < 1.29 is 4.39 Å². The second-order valence-corrected chi connectivity index (χ2v) is 5.94. The van der Waals surface area contributed by atoms with E-state index in [0.29, 0.717) is 18.5 Å². The molecule has 1 aromatic rings. The summed E-state index contributed by atoms with van der Waals surface area (Å²) in [5.41, 5.74) is 8.18. The predicted molar refractivity (Wildman–Crippen MR) is 77.5 cm³/mol. The fourth-order valence-corrected chi connectivity index (χ4v) is 3.33. The number of likely N-dealkylation sites (tertiary alicyclic amines) is 1. The molecule has 106 valence electrons. The maximum atomic E-state index is 13.5. The Morgan fingerprint density at radius 3 is 2.79 bits per heavy atom. The van der Waals surface area contributed by atoms with Crippen molar-refractivity contribution in [1.82, 2.24) is 4.90 Å². The summed E-state index contributed by atoms with van der Waals surface area (Å²) in [6.45, 7) is 8.18. The third kappa shape index (κ3) is 2.98. The zero-order valence-corrected chi connectivity index (χ0v) is 12.2. The molecule has 0 radical (unpaired) electrons. The smallest absolute Gasteiger partial charge is 0.123 e. The molecule has 0 saturated carbocycles. The lowest BCUT2D eigenvalue weighted by atomic mass is 9.96. The molecule has 1 aliphatic rings. The molecule has 1 heterocycles. The fourth-order valence-electron chi connectivity index (χ4n) is 3.33. The average Bonchev–Trinajstić information content (AvgIpc) is 2.84. The van der Waals surface area contributed by atoms with Gasteiger partial charge in [-0.15, -0.1) is 0 Å². The number of hydrogen-bond donors (Lipinski definition) is 1. The van der Waals surface area contributed by atoms with Crippen molar-refractivity contribution in [2.24, 2.45) is 11.7 Å². The van der Waals surface area contributed by atoms with Gasteiger partial charge < -0.3 is 5.73 Å². The van der Waals surface area contributed by atoms with Gasteiger partial charge in [-0.2, -0.15) is 0 Å². The minimum Gasteiger partial charge on any atom is -0.329 e. The van der Waals surface area contributed by atoms with Crippen LogP contribution in [0.3, 0.4) is 0 Å². The van der Waals surface area contributed by atoms with Gasteiger partial charge in [-0.25, -0.2) is 4.39 Å². The van der Waals surface area contributed by atoms with Gasteiger partial charge in [-0.3, -0.25) is 4.90 Å². The number of nitrogens with zero attached hydrogens (tertiary/aromatic N) is 1. The van der Waals surface area contributed by atoms with Crippen LogP contribution in [-0.2, 0) is 0 Å². The number of halogens is 1. The minimum absolute atomic E-state index is 0.144. The largest absolute Gasteiger partial charge is 0.329 e. The normalized spacial score (nSPS) is 22.1. The second-order valence-electron chi connectivity index (χ2n) is 5.94. The zero-order chi connectivity index (χ0) is 14.0. The first kappa shape index (κ1) is 14.5. The van der Waals surface area contributed by atoms with E-state index in [0.717, 1.165) is 17.7 Å². The molecule has 0 spiro atoms. The van der Waals surface area contributed by atoms with E-state index in [1.54, 1.807) is 6.07 Å². The standard InChI is InChI=1S/C16H25FN2/c1-11(2)15-5-4-8-19(15)16(10-18)14-9-13(17)7-6-12(14)3/h6-7,9,11,15-16H,4-5,8,10,18H2,1-3H3. The molecule has 3 heteroatoms. The Bertz CT molecular complexity index is 431. The van der Waals surface area contributed by atoms with E-state index in [9.17, 15) is 4.39 Å². The molecule has 0 bridgehead atoms. The average molecular weight is 264 g/mol. The molecule has 1 saturated heterocycles. The number of aryl methyl sites for hydroxylation is 1. The van der Waals surface area contributed by atoms with Gasteiger partial charge in [0.1, 0.15) is 5.82 Å². The Morgan fingerprint density at radius 1 is 1.42 bits per heavy atom. The third-order valence-electron chi connectivity index (χ3n) is 4.34. The summed E-state index contributed by atoms with van der Waals surface area (Å²) in [5, 5.41) is 0. The summed E-state index contributed by atoms with van der Waals surface area (Å²) in [6.07, 6.45) is 2.44. The summed E-state index contributed by atoms with van der Waals surface area (Å²) in [4.78, 5) is 2.48. The number of nitrogens with two attached hydrogens (primary N) is 1. The van der Waals surface area contributed by atoms with E-state index >= 15 is 0 Å². The Labute approximate surface area is 115 Å². The first-order chi connectivity index (χ1) is 9.04. The highest BCUT2D eigenvalue weighted by atomic mass is 19.1. The summed E-state index contributed by atoms with van der Waals surface area (Å²) in [6, 6.07) is 5.74. The minimum atomic E-state index is -0.167. The van der Waals surface area contributed by atoms with Gasteiger partial charge in [0.05, 0.1) is 0 Å². The summed E-state index contributed by atoms with van der Waals surface area (Å²) in [5.74, 6) is 0.449. The van der Waals surface area contributed by atoms with Gasteiger partial charge in [-0.05, 0) is 55.5 Å². The van der Waals surface area contributed by atoms with Crippen molar-refractivity contribution in [2.45, 2.75) is 45.7 Å². The lowest BCUT2D eigenvalue weighted by molar-refractivity contribution is 0.149. The van der Waals surface area contributed by atoms with Crippen molar-refractivity contribution in [3.8, 4) is 0 Å². The van der Waals surface area contributed by atoms with Crippen LogP contribution in [0.2, 0.25) is 0 Å². The lowest BCUT2D eigenvalue weighted by Gasteiger charge is -2.35. The summed E-state index contributed by atoms with van der Waals surface area (Å²) >= 11 is 0. The molecular formula is C16H25FN2. The van der Waals surface area contributed by atoms with Gasteiger partial charge in [0.25, 0.3) is 0 Å². The van der Waals surface area contributed by atoms with Crippen molar-refractivity contribution in [3.63, 3.8) is 0 Å². The van der Waals surface area contributed by atoms with Crippen LogP contribution in [0.1, 0.15) is 43.9 Å². The van der Waals surface area contributed by atoms with Crippen LogP contribution in [0, 0.1) is 18.7 Å². The van der Waals surface area contributed by atoms with Gasteiger partial charge >= 0.3 is 0 Å². The Balaban J connectivity index is 2.31. The third-order valence-corrected chi connectivity index (χ3v) is 4.34.